The van der Waals surface area contributed by atoms with Crippen LogP contribution in [0.4, 0.5) is 0 Å². The number of aromatic nitrogens is 1. The van der Waals surface area contributed by atoms with Gasteiger partial charge in [-0.25, -0.2) is 0 Å². The zero-order valence-electron chi connectivity index (χ0n) is 16.3. The number of pyridine rings is 1. The van der Waals surface area contributed by atoms with Crippen molar-refractivity contribution in [3.8, 4) is 5.75 Å². The molecule has 0 radical (unpaired) electrons. The number of carbonyl (C=O) groups is 2. The van der Waals surface area contributed by atoms with Crippen molar-refractivity contribution in [1.29, 1.82) is 0 Å². The van der Waals surface area contributed by atoms with Crippen LogP contribution < -0.4 is 10.2 Å². The summed E-state index contributed by atoms with van der Waals surface area (Å²) in [6.07, 6.45) is 2.46. The van der Waals surface area contributed by atoms with Crippen LogP contribution in [-0.2, 0) is 22.6 Å². The fourth-order valence-electron chi connectivity index (χ4n) is 3.41. The zero-order valence-corrected chi connectivity index (χ0v) is 16.3. The van der Waals surface area contributed by atoms with Gasteiger partial charge >= 0.3 is 5.97 Å². The Hall–Kier alpha value is -3.29. The summed E-state index contributed by atoms with van der Waals surface area (Å²) in [5, 5.41) is 18.7. The van der Waals surface area contributed by atoms with Crippen molar-refractivity contribution in [3.05, 3.63) is 59.2 Å². The molecule has 1 unspecified atom stereocenters. The Kier molecular flexibility index (Phi) is 6.54. The summed E-state index contributed by atoms with van der Waals surface area (Å²) in [7, 11) is 1.69. The third-order valence-electron chi connectivity index (χ3n) is 4.86. The molecule has 2 N–H and O–H groups in total. The summed E-state index contributed by atoms with van der Waals surface area (Å²) >= 11 is 0. The maximum atomic E-state index is 12.4. The Labute approximate surface area is 168 Å². The SMILES string of the molecule is CN1Cc2cc(OCCCN=c3ccccn3O)ccc2CC(CC(=O)O)C1=O. The molecule has 2 heterocycles. The van der Waals surface area contributed by atoms with Gasteiger partial charge in [0.2, 0.25) is 5.91 Å². The average Bonchev–Trinajstić information content (AvgIpc) is 2.79. The number of ether oxygens (including phenoxy) is 1. The van der Waals surface area contributed by atoms with Gasteiger partial charge in [0.05, 0.1) is 18.9 Å². The van der Waals surface area contributed by atoms with Crippen molar-refractivity contribution in [2.24, 2.45) is 10.9 Å². The van der Waals surface area contributed by atoms with Gasteiger partial charge in [0, 0.05) is 32.8 Å². The second-order valence-electron chi connectivity index (χ2n) is 7.11. The van der Waals surface area contributed by atoms with Crippen LogP contribution >= 0.6 is 0 Å². The number of nitrogens with zero attached hydrogens (tertiary/aromatic N) is 3. The molecule has 29 heavy (non-hydrogen) atoms. The van der Waals surface area contributed by atoms with Crippen LogP contribution in [0.3, 0.4) is 0 Å². The van der Waals surface area contributed by atoms with Gasteiger partial charge in [0.15, 0.2) is 5.49 Å². The Morgan fingerprint density at radius 1 is 1.28 bits per heavy atom. The highest BCUT2D eigenvalue weighted by Crippen LogP contribution is 2.27. The van der Waals surface area contributed by atoms with Crippen LogP contribution in [0.2, 0.25) is 0 Å². The minimum absolute atomic E-state index is 0.144. The maximum absolute atomic E-state index is 12.4. The molecule has 1 aromatic heterocycles. The van der Waals surface area contributed by atoms with Crippen LogP contribution in [-0.4, -0.2) is 52.0 Å². The molecule has 0 saturated carbocycles. The molecule has 0 spiro atoms. The van der Waals surface area contributed by atoms with Crippen LogP contribution in [0.5, 0.6) is 5.75 Å². The van der Waals surface area contributed by atoms with E-state index in [1.54, 1.807) is 30.1 Å². The predicted octanol–water partition coefficient (Wildman–Crippen LogP) is 1.70. The molecular weight excluding hydrogens is 374 g/mol. The highest BCUT2D eigenvalue weighted by molar-refractivity contribution is 5.84. The Morgan fingerprint density at radius 2 is 2.10 bits per heavy atom. The van der Waals surface area contributed by atoms with Gasteiger partial charge < -0.3 is 20.0 Å². The third kappa shape index (κ3) is 5.37. The maximum Gasteiger partial charge on any atom is 0.304 e. The van der Waals surface area contributed by atoms with E-state index in [4.69, 9.17) is 9.84 Å². The van der Waals surface area contributed by atoms with Gasteiger partial charge in [-0.1, -0.05) is 12.1 Å². The molecule has 1 aromatic carbocycles. The molecule has 0 saturated heterocycles. The van der Waals surface area contributed by atoms with E-state index in [1.165, 1.54) is 6.20 Å². The normalized spacial score (nSPS) is 17.0. The van der Waals surface area contributed by atoms with E-state index in [0.29, 0.717) is 43.8 Å². The first-order valence-corrected chi connectivity index (χ1v) is 9.53. The number of carboxylic acids is 1. The molecule has 154 valence electrons. The highest BCUT2D eigenvalue weighted by atomic mass is 16.5. The number of rotatable bonds is 7. The minimum atomic E-state index is -0.965. The number of carboxylic acid groups (broad SMARTS) is 1. The topological polar surface area (TPSA) is 104 Å². The first-order valence-electron chi connectivity index (χ1n) is 9.53. The van der Waals surface area contributed by atoms with Crippen molar-refractivity contribution in [2.45, 2.75) is 25.8 Å². The number of carbonyl (C=O) groups excluding carboxylic acids is 1. The average molecular weight is 399 g/mol. The van der Waals surface area contributed by atoms with Crippen LogP contribution in [0.25, 0.3) is 0 Å². The molecule has 2 aromatic rings. The van der Waals surface area contributed by atoms with E-state index in [9.17, 15) is 14.8 Å². The second kappa shape index (κ2) is 9.27. The predicted molar refractivity (Wildman–Crippen MR) is 105 cm³/mol. The van der Waals surface area contributed by atoms with Crippen LogP contribution in [0.1, 0.15) is 24.0 Å². The molecule has 8 nitrogen and oxygen atoms in total. The van der Waals surface area contributed by atoms with Crippen LogP contribution in [0.15, 0.2) is 47.6 Å². The summed E-state index contributed by atoms with van der Waals surface area (Å²) in [6.45, 7) is 1.42. The Bertz CT molecular complexity index is 953. The summed E-state index contributed by atoms with van der Waals surface area (Å²) in [4.78, 5) is 29.4. The van der Waals surface area contributed by atoms with Gasteiger partial charge in [0.25, 0.3) is 0 Å². The standard InChI is InChI=1S/C21H25N3O5/c1-23-14-17-12-18(7-6-15(17)11-16(21(23)27)13-20(25)26)29-10-4-8-22-19-5-2-3-9-24(19)28/h2-3,5-7,9,12,16,28H,4,8,10-11,13-14H2,1H3,(H,25,26). The lowest BCUT2D eigenvalue weighted by Gasteiger charge is -2.18. The van der Waals surface area contributed by atoms with Gasteiger partial charge in [0.1, 0.15) is 5.75 Å². The van der Waals surface area contributed by atoms with E-state index in [2.05, 4.69) is 4.99 Å². The van der Waals surface area contributed by atoms with E-state index < -0.39 is 11.9 Å². The molecule has 1 amide bonds. The lowest BCUT2D eigenvalue weighted by molar-refractivity contribution is -0.143. The van der Waals surface area contributed by atoms with E-state index in [-0.39, 0.29) is 12.3 Å². The highest BCUT2D eigenvalue weighted by Gasteiger charge is 2.29. The summed E-state index contributed by atoms with van der Waals surface area (Å²) in [6, 6.07) is 10.9. The quantitative estimate of drug-likeness (QED) is 0.545. The molecule has 8 heteroatoms. The molecule has 1 atom stereocenters. The van der Waals surface area contributed by atoms with Crippen molar-refractivity contribution in [2.75, 3.05) is 20.2 Å². The molecule has 1 aliphatic rings. The van der Waals surface area contributed by atoms with Gasteiger partial charge in [-0.05, 0) is 41.8 Å². The van der Waals surface area contributed by atoms with Gasteiger partial charge in [-0.3, -0.25) is 14.6 Å². The monoisotopic (exact) mass is 399 g/mol. The van der Waals surface area contributed by atoms with Gasteiger partial charge in [-0.15, -0.1) is 0 Å². The number of hydrogen-bond acceptors (Lipinski definition) is 5. The molecule has 1 aliphatic heterocycles. The molecule has 0 aliphatic carbocycles. The summed E-state index contributed by atoms with van der Waals surface area (Å²) in [5.41, 5.74) is 2.44. The van der Waals surface area contributed by atoms with Crippen LogP contribution in [0, 0.1) is 5.92 Å². The molecular formula is C21H25N3O5. The number of aliphatic carboxylic acids is 1. The number of fused-ring (bicyclic) bond motifs is 1. The Morgan fingerprint density at radius 3 is 2.86 bits per heavy atom. The number of benzene rings is 1. The first-order chi connectivity index (χ1) is 13.9. The van der Waals surface area contributed by atoms with Gasteiger partial charge in [-0.2, -0.15) is 4.73 Å². The first kappa shape index (κ1) is 20.4. The van der Waals surface area contributed by atoms with E-state index >= 15 is 0 Å². The van der Waals surface area contributed by atoms with E-state index in [1.807, 2.05) is 18.2 Å². The van der Waals surface area contributed by atoms with Crippen molar-refractivity contribution in [3.63, 3.8) is 0 Å². The fourth-order valence-corrected chi connectivity index (χ4v) is 3.41. The van der Waals surface area contributed by atoms with Crippen molar-refractivity contribution in [1.82, 2.24) is 9.63 Å². The van der Waals surface area contributed by atoms with E-state index in [0.717, 1.165) is 15.9 Å². The largest absolute Gasteiger partial charge is 0.494 e. The zero-order chi connectivity index (χ0) is 20.8. The number of amides is 1. The van der Waals surface area contributed by atoms with Crippen molar-refractivity contribution < 1.29 is 24.6 Å². The summed E-state index contributed by atoms with van der Waals surface area (Å²) < 4.78 is 6.78. The lowest BCUT2D eigenvalue weighted by atomic mass is 9.94. The molecule has 0 bridgehead atoms. The molecule has 3 rings (SSSR count). The minimum Gasteiger partial charge on any atom is -0.494 e. The summed E-state index contributed by atoms with van der Waals surface area (Å²) in [5.74, 6) is -0.944. The smallest absolute Gasteiger partial charge is 0.304 e. The molecule has 0 fully saturated rings. The van der Waals surface area contributed by atoms with Crippen molar-refractivity contribution >= 4 is 11.9 Å². The third-order valence-corrected chi connectivity index (χ3v) is 4.86. The fraction of sp³-hybridized carbons (Fsp3) is 0.381. The Balaban J connectivity index is 1.60. The lowest BCUT2D eigenvalue weighted by Crippen LogP contribution is -2.32. The number of hydrogen-bond donors (Lipinski definition) is 2. The second-order valence-corrected chi connectivity index (χ2v) is 7.11.